The van der Waals surface area contributed by atoms with Crippen LogP contribution in [-0.2, 0) is 19.9 Å². The van der Waals surface area contributed by atoms with Crippen LogP contribution in [-0.4, -0.2) is 58.9 Å². The number of aliphatic hydroxyl groups is 1. The zero-order chi connectivity index (χ0) is 25.6. The topological polar surface area (TPSA) is 102 Å². The molecule has 3 fully saturated rings. The van der Waals surface area contributed by atoms with E-state index < -0.39 is 11.6 Å². The lowest BCUT2D eigenvalue weighted by molar-refractivity contribution is -0.939. The Morgan fingerprint density at radius 1 is 1.08 bits per heavy atom. The van der Waals surface area contributed by atoms with Crippen molar-refractivity contribution in [2.75, 3.05) is 31.5 Å². The van der Waals surface area contributed by atoms with Crippen molar-refractivity contribution < 1.29 is 45.4 Å². The molecule has 1 atom stereocenters. The van der Waals surface area contributed by atoms with Crippen LogP contribution in [0.15, 0.2) is 59.1 Å². The van der Waals surface area contributed by atoms with E-state index in [9.17, 15) is 14.7 Å². The highest BCUT2D eigenvalue weighted by Crippen LogP contribution is 2.41. The summed E-state index contributed by atoms with van der Waals surface area (Å²) in [5.74, 6) is 0.425. The Balaban J connectivity index is 0.00000294. The largest absolute Gasteiger partial charge is 1.00 e. The van der Waals surface area contributed by atoms with Gasteiger partial charge in [-0.15, -0.1) is 0 Å². The average molecular weight is 580 g/mol. The molecule has 9 heteroatoms. The molecule has 4 heterocycles. The molecule has 2 N–H and O–H groups in total. The highest BCUT2D eigenvalue weighted by molar-refractivity contribution is 5.92. The monoisotopic (exact) mass is 579 g/mol. The number of hydrogen-bond donors (Lipinski definition) is 2. The van der Waals surface area contributed by atoms with Crippen LogP contribution in [0.25, 0.3) is 12.2 Å². The number of aryl methyl sites for hydroxylation is 1. The molecule has 38 heavy (non-hydrogen) atoms. The number of quaternary nitrogens is 1. The first-order valence-electron chi connectivity index (χ1n) is 12.8. The lowest BCUT2D eigenvalue weighted by Gasteiger charge is -2.51. The van der Waals surface area contributed by atoms with Gasteiger partial charge in [0.05, 0.1) is 13.1 Å². The molecule has 2 bridgehead atoms. The summed E-state index contributed by atoms with van der Waals surface area (Å²) in [6, 6.07) is 16.4. The van der Waals surface area contributed by atoms with E-state index in [0.29, 0.717) is 33.7 Å². The predicted octanol–water partition coefficient (Wildman–Crippen LogP) is 0.498. The van der Waals surface area contributed by atoms with E-state index in [1.807, 2.05) is 48.6 Å². The number of carbonyl (C=O) groups is 2. The fourth-order valence-electron chi connectivity index (χ4n) is 6.20. The summed E-state index contributed by atoms with van der Waals surface area (Å²) in [4.78, 5) is 26.8. The highest BCUT2D eigenvalue weighted by Gasteiger charge is 2.52. The fourth-order valence-corrected chi connectivity index (χ4v) is 6.20. The van der Waals surface area contributed by atoms with Crippen LogP contribution >= 0.6 is 0 Å². The molecule has 1 aromatic heterocycles. The second kappa shape index (κ2) is 10.1. The van der Waals surface area contributed by atoms with Gasteiger partial charge in [-0.2, -0.15) is 0 Å². The Labute approximate surface area is 231 Å². The van der Waals surface area contributed by atoms with Crippen LogP contribution in [0.1, 0.15) is 40.9 Å². The lowest BCUT2D eigenvalue weighted by atomic mass is 9.81. The summed E-state index contributed by atoms with van der Waals surface area (Å²) in [6.45, 7) is 4.29. The third kappa shape index (κ3) is 4.59. The summed E-state index contributed by atoms with van der Waals surface area (Å²) >= 11 is 0. The molecule has 198 valence electrons. The molecule has 3 aromatic rings. The summed E-state index contributed by atoms with van der Waals surface area (Å²) in [5, 5.41) is 18.8. The van der Waals surface area contributed by atoms with Crippen molar-refractivity contribution in [3.05, 3.63) is 82.6 Å². The third-order valence-electron chi connectivity index (χ3n) is 8.11. The molecule has 0 saturated carbocycles. The smallest absolute Gasteiger partial charge is 0.348 e. The number of anilines is 1. The van der Waals surface area contributed by atoms with Crippen LogP contribution in [0, 0.1) is 12.8 Å². The van der Waals surface area contributed by atoms with Gasteiger partial charge in [-0.25, -0.2) is 4.79 Å². The number of carbonyl (C=O) groups excluding carboxylic acids is 2. The average Bonchev–Trinajstić information content (AvgIpc) is 3.25. The first-order chi connectivity index (χ1) is 17.9. The summed E-state index contributed by atoms with van der Waals surface area (Å²) < 4.78 is 11.8. The fraction of sp³-hybridized carbons (Fsp3) is 0.345. The van der Waals surface area contributed by atoms with Crippen LogP contribution in [0.2, 0.25) is 0 Å². The molecule has 0 radical (unpaired) electrons. The second-order valence-corrected chi connectivity index (χ2v) is 10.5. The highest BCUT2D eigenvalue weighted by atomic mass is 79.9. The minimum Gasteiger partial charge on any atom is -1.00 e. The summed E-state index contributed by atoms with van der Waals surface area (Å²) in [7, 11) is 0. The third-order valence-corrected chi connectivity index (χ3v) is 8.11. The normalized spacial score (nSPS) is 24.4. The molecule has 4 aliphatic rings. The van der Waals surface area contributed by atoms with Crippen LogP contribution in [0.3, 0.4) is 0 Å². The first-order valence-corrected chi connectivity index (χ1v) is 12.8. The van der Waals surface area contributed by atoms with Gasteiger partial charge in [0.1, 0.15) is 12.3 Å². The molecular formula is C29H30BrN3O5. The van der Waals surface area contributed by atoms with Crippen molar-refractivity contribution in [2.45, 2.75) is 31.5 Å². The number of nitrogens with one attached hydrogen (secondary N) is 1. The maximum atomic E-state index is 13.9. The molecular weight excluding hydrogens is 550 g/mol. The number of hydrogen-bond acceptors (Lipinski definition) is 6. The van der Waals surface area contributed by atoms with Crippen molar-refractivity contribution in [3.63, 3.8) is 0 Å². The minimum absolute atomic E-state index is 0. The number of benzene rings is 2. The van der Waals surface area contributed by atoms with Crippen LogP contribution in [0.5, 0.6) is 0 Å². The number of esters is 1. The Kier molecular flexibility index (Phi) is 7.02. The van der Waals surface area contributed by atoms with Gasteiger partial charge in [0, 0.05) is 36.0 Å². The summed E-state index contributed by atoms with van der Waals surface area (Å²) in [5.41, 5.74) is 0.628. The number of nitrogens with zero attached hydrogens (tertiary/aromatic N) is 2. The van der Waals surface area contributed by atoms with Gasteiger partial charge < -0.3 is 41.1 Å². The number of halogens is 1. The van der Waals surface area contributed by atoms with Gasteiger partial charge in [-0.1, -0.05) is 65.8 Å². The van der Waals surface area contributed by atoms with Gasteiger partial charge in [0.25, 0.3) is 5.91 Å². The summed E-state index contributed by atoms with van der Waals surface area (Å²) in [6.07, 6.45) is 5.19. The number of piperidine rings is 3. The van der Waals surface area contributed by atoms with Crippen LogP contribution in [0.4, 0.5) is 5.82 Å². The van der Waals surface area contributed by atoms with Crippen LogP contribution < -0.4 is 22.3 Å². The van der Waals surface area contributed by atoms with Gasteiger partial charge in [-0.3, -0.25) is 4.79 Å². The number of ether oxygens (including phenoxy) is 1. The van der Waals surface area contributed by atoms with Gasteiger partial charge in [0.2, 0.25) is 5.60 Å². The standard InChI is InChI=1S/C29H29N3O5.BrH/c1-19-16-26(31-37-19)30-27(33)18-32-14-12-22(13-15-32)25(17-32)36-28(34)29(35)23-8-4-2-6-20(23)10-11-21-7-3-5-9-24(21)29;/h2-11,16,22,25,35H,12-15,17-18H2,1H3;1H/t22?,25-,32?;/m0./s1. The SMILES string of the molecule is Cc1cc(NC(=O)C[N+]23CCC(CC2)[C@@H](OC(=O)C2(O)c4ccccc4C=Cc4ccccc42)C3)no1.[Br-]. The molecule has 0 unspecified atom stereocenters. The van der Waals surface area contributed by atoms with E-state index in [0.717, 1.165) is 37.1 Å². The Hall–Kier alpha value is -3.27. The van der Waals surface area contributed by atoms with E-state index in [4.69, 9.17) is 9.26 Å². The second-order valence-electron chi connectivity index (χ2n) is 10.5. The zero-order valence-electron chi connectivity index (χ0n) is 21.1. The van der Waals surface area contributed by atoms with Gasteiger partial charge in [-0.05, 0) is 18.1 Å². The molecule has 1 amide bonds. The van der Waals surface area contributed by atoms with E-state index in [1.165, 1.54) is 0 Å². The minimum atomic E-state index is -1.93. The van der Waals surface area contributed by atoms with Crippen molar-refractivity contribution >= 4 is 29.8 Å². The number of aromatic nitrogens is 1. The number of fused-ring (bicyclic) bond motifs is 5. The molecule has 7 rings (SSSR count). The predicted molar refractivity (Wildman–Crippen MR) is 137 cm³/mol. The van der Waals surface area contributed by atoms with E-state index in [2.05, 4.69) is 10.5 Å². The Bertz CT molecular complexity index is 1340. The number of rotatable bonds is 5. The van der Waals surface area contributed by atoms with Crippen molar-refractivity contribution in [1.82, 2.24) is 5.16 Å². The maximum absolute atomic E-state index is 13.9. The molecule has 2 aromatic carbocycles. The van der Waals surface area contributed by atoms with Crippen molar-refractivity contribution in [3.8, 4) is 0 Å². The van der Waals surface area contributed by atoms with Crippen molar-refractivity contribution in [1.29, 1.82) is 0 Å². The first kappa shape index (κ1) is 26.3. The molecule has 3 aliphatic heterocycles. The quantitative estimate of drug-likeness (QED) is 0.337. The Morgan fingerprint density at radius 2 is 1.68 bits per heavy atom. The molecule has 1 aliphatic carbocycles. The van der Waals surface area contributed by atoms with E-state index >= 15 is 0 Å². The zero-order valence-corrected chi connectivity index (χ0v) is 22.7. The van der Waals surface area contributed by atoms with Gasteiger partial charge in [0.15, 0.2) is 18.5 Å². The molecule has 3 saturated heterocycles. The Morgan fingerprint density at radius 3 is 2.26 bits per heavy atom. The molecule has 0 spiro atoms. The maximum Gasteiger partial charge on any atom is 0.348 e. The van der Waals surface area contributed by atoms with E-state index in [-0.39, 0.29) is 41.5 Å². The van der Waals surface area contributed by atoms with E-state index in [1.54, 1.807) is 25.1 Å². The lowest BCUT2D eigenvalue weighted by Crippen LogP contribution is -3.00. The van der Waals surface area contributed by atoms with Crippen molar-refractivity contribution in [2.24, 2.45) is 5.92 Å². The molecule has 8 nitrogen and oxygen atoms in total. The number of amides is 1. The van der Waals surface area contributed by atoms with Gasteiger partial charge >= 0.3 is 5.97 Å².